The molecule has 1 fully saturated rings. The highest BCUT2D eigenvalue weighted by Crippen LogP contribution is 2.49. The second-order valence-corrected chi connectivity index (χ2v) is 7.27. The largest absolute Gasteiger partial charge is 0.508 e. The Kier molecular flexibility index (Phi) is 5.67. The summed E-state index contributed by atoms with van der Waals surface area (Å²) < 4.78 is 6.02. The van der Waals surface area contributed by atoms with Gasteiger partial charge >= 0.3 is 0 Å². The van der Waals surface area contributed by atoms with Crippen molar-refractivity contribution in [2.75, 3.05) is 6.61 Å². The monoisotopic (exact) mass is 343 g/mol. The lowest BCUT2D eigenvalue weighted by Gasteiger charge is -2.37. The highest BCUT2D eigenvalue weighted by atomic mass is 16.5. The van der Waals surface area contributed by atoms with Gasteiger partial charge in [-0.05, 0) is 49.8 Å². The molecule has 136 valence electrons. The maximum absolute atomic E-state index is 10.7. The summed E-state index contributed by atoms with van der Waals surface area (Å²) in [6.07, 6.45) is 10.2. The molecule has 1 saturated carbocycles. The topological polar surface area (TPSA) is 62.0 Å². The molecular weight excluding hydrogens is 314 g/mol. The summed E-state index contributed by atoms with van der Waals surface area (Å²) in [6, 6.07) is 4.00. The summed E-state index contributed by atoms with van der Waals surface area (Å²) in [7, 11) is 0. The van der Waals surface area contributed by atoms with Crippen LogP contribution in [0.5, 0.6) is 11.5 Å². The molecule has 1 aromatic carbocycles. The fraction of sp³-hybridized carbons (Fsp3) is 0.571. The van der Waals surface area contributed by atoms with Gasteiger partial charge in [0.15, 0.2) is 0 Å². The molecule has 2 aliphatic rings. The van der Waals surface area contributed by atoms with Crippen LogP contribution in [0.3, 0.4) is 0 Å². The third kappa shape index (κ3) is 3.68. The van der Waals surface area contributed by atoms with Gasteiger partial charge in [-0.1, -0.05) is 37.6 Å². The summed E-state index contributed by atoms with van der Waals surface area (Å²) in [4.78, 5) is 0. The highest BCUT2D eigenvalue weighted by Gasteiger charge is 2.37. The number of phenols is 1. The van der Waals surface area contributed by atoms with E-state index in [4.69, 9.17) is 9.94 Å². The van der Waals surface area contributed by atoms with E-state index in [2.05, 4.69) is 37.2 Å². The maximum atomic E-state index is 10.7. The molecule has 1 aliphatic carbocycles. The van der Waals surface area contributed by atoms with Crippen LogP contribution in [-0.2, 0) is 0 Å². The molecule has 0 aromatic heterocycles. The van der Waals surface area contributed by atoms with Gasteiger partial charge in [0.05, 0.1) is 12.3 Å². The minimum Gasteiger partial charge on any atom is -0.508 e. The van der Waals surface area contributed by atoms with E-state index in [1.54, 1.807) is 0 Å². The number of phenolic OH excluding ortho intramolecular Hbond substituents is 1. The minimum absolute atomic E-state index is 0.188. The van der Waals surface area contributed by atoms with E-state index < -0.39 is 0 Å². The van der Waals surface area contributed by atoms with Gasteiger partial charge in [-0.2, -0.15) is 0 Å². The Morgan fingerprint density at radius 2 is 2.20 bits per heavy atom. The fourth-order valence-electron chi connectivity index (χ4n) is 4.15. The summed E-state index contributed by atoms with van der Waals surface area (Å²) >= 11 is 0. The number of unbranched alkanes of at least 4 members (excludes halogenated alkanes) is 1. The van der Waals surface area contributed by atoms with Crippen molar-refractivity contribution in [2.24, 2.45) is 11.1 Å². The van der Waals surface area contributed by atoms with Gasteiger partial charge in [0, 0.05) is 23.3 Å². The van der Waals surface area contributed by atoms with Crippen LogP contribution < -0.4 is 4.74 Å². The van der Waals surface area contributed by atoms with Gasteiger partial charge in [-0.15, -0.1) is 0 Å². The zero-order valence-corrected chi connectivity index (χ0v) is 15.2. The first-order valence-electron chi connectivity index (χ1n) is 9.53. The molecular formula is C21H29NO3. The van der Waals surface area contributed by atoms with E-state index >= 15 is 0 Å². The zero-order valence-electron chi connectivity index (χ0n) is 15.2. The predicted octanol–water partition coefficient (Wildman–Crippen LogP) is 5.35. The molecule has 0 radical (unpaired) electrons. The van der Waals surface area contributed by atoms with Crippen molar-refractivity contribution in [1.82, 2.24) is 0 Å². The number of hydrogen-bond acceptors (Lipinski definition) is 4. The number of aromatic hydroxyl groups is 1. The van der Waals surface area contributed by atoms with E-state index in [0.717, 1.165) is 54.7 Å². The number of oxime groups is 1. The molecule has 0 bridgehead atoms. The number of rotatable bonds is 5. The quantitative estimate of drug-likeness (QED) is 0.430. The van der Waals surface area contributed by atoms with Crippen molar-refractivity contribution >= 4 is 5.71 Å². The lowest BCUT2D eigenvalue weighted by molar-refractivity contribution is 0.175. The van der Waals surface area contributed by atoms with E-state index in [9.17, 15) is 5.11 Å². The smallest absolute Gasteiger partial charge is 0.126 e. The van der Waals surface area contributed by atoms with Gasteiger partial charge in [0.25, 0.3) is 0 Å². The lowest BCUT2D eigenvalue weighted by Crippen LogP contribution is -2.32. The number of fused-ring (bicyclic) bond motifs is 3. The first-order valence-corrected chi connectivity index (χ1v) is 9.53. The number of allylic oxidation sites excluding steroid dienone is 2. The van der Waals surface area contributed by atoms with Crippen molar-refractivity contribution in [3.05, 3.63) is 35.4 Å². The van der Waals surface area contributed by atoms with Crippen molar-refractivity contribution < 1.29 is 15.1 Å². The average molecular weight is 343 g/mol. The molecule has 25 heavy (non-hydrogen) atoms. The third-order valence-corrected chi connectivity index (χ3v) is 5.63. The number of nitrogens with zero attached hydrogens (tertiary/aromatic N) is 1. The summed E-state index contributed by atoms with van der Waals surface area (Å²) in [6.45, 7) is 5.02. The standard InChI is InChI=1S/C21H29NO3/c1-3-5-6-7-14(4-2)16-10-19(23)21-18-12-17(22-24)9-8-15(18)13-25-20(21)11-16/h6-7,10-11,14-15,18,23-24H,3-5,8-9,12-13H2,1-2H3/b7-6+,22-17+. The Labute approximate surface area is 150 Å². The van der Waals surface area contributed by atoms with Gasteiger partial charge < -0.3 is 15.1 Å². The molecule has 2 N–H and O–H groups in total. The first-order chi connectivity index (χ1) is 12.2. The van der Waals surface area contributed by atoms with E-state index in [1.165, 1.54) is 0 Å². The molecule has 1 aliphatic heterocycles. The van der Waals surface area contributed by atoms with Crippen molar-refractivity contribution in [3.8, 4) is 11.5 Å². The Morgan fingerprint density at radius 1 is 1.36 bits per heavy atom. The van der Waals surface area contributed by atoms with Crippen molar-refractivity contribution in [2.45, 2.75) is 64.2 Å². The summed E-state index contributed by atoms with van der Waals surface area (Å²) in [5, 5.41) is 23.3. The van der Waals surface area contributed by atoms with Crippen LogP contribution in [0.25, 0.3) is 0 Å². The number of hydrogen-bond donors (Lipinski definition) is 2. The normalized spacial score (nSPS) is 25.4. The second-order valence-electron chi connectivity index (χ2n) is 7.27. The Morgan fingerprint density at radius 3 is 2.92 bits per heavy atom. The molecule has 1 aromatic rings. The van der Waals surface area contributed by atoms with Crippen molar-refractivity contribution in [1.29, 1.82) is 0 Å². The van der Waals surface area contributed by atoms with Crippen molar-refractivity contribution in [3.63, 3.8) is 0 Å². The highest BCUT2D eigenvalue weighted by molar-refractivity contribution is 5.86. The van der Waals surface area contributed by atoms with E-state index in [-0.39, 0.29) is 5.92 Å². The average Bonchev–Trinajstić information content (AvgIpc) is 2.64. The van der Waals surface area contributed by atoms with Crippen LogP contribution in [0.15, 0.2) is 29.4 Å². The van der Waals surface area contributed by atoms with Crippen LogP contribution in [0.2, 0.25) is 0 Å². The molecule has 3 rings (SSSR count). The molecule has 0 amide bonds. The third-order valence-electron chi connectivity index (χ3n) is 5.63. The Bertz CT molecular complexity index is 665. The molecule has 4 heteroatoms. The summed E-state index contributed by atoms with van der Waals surface area (Å²) in [5.74, 6) is 2.00. The summed E-state index contributed by atoms with van der Waals surface area (Å²) in [5.41, 5.74) is 2.83. The van der Waals surface area contributed by atoms with Crippen LogP contribution in [0.4, 0.5) is 0 Å². The Hall–Kier alpha value is -1.97. The zero-order chi connectivity index (χ0) is 17.8. The number of ether oxygens (including phenoxy) is 1. The van der Waals surface area contributed by atoms with E-state index in [1.807, 2.05) is 6.07 Å². The second kappa shape index (κ2) is 7.94. The van der Waals surface area contributed by atoms with Crippen LogP contribution in [0.1, 0.15) is 75.3 Å². The SMILES string of the molecule is CCC/C=C/C(CC)c1cc(O)c2c(c1)OCC1CC/C(=N\O)CC21. The first kappa shape index (κ1) is 17.8. The number of benzene rings is 1. The Balaban J connectivity index is 1.91. The maximum Gasteiger partial charge on any atom is 0.126 e. The van der Waals surface area contributed by atoms with Crippen LogP contribution in [0, 0.1) is 5.92 Å². The molecule has 4 nitrogen and oxygen atoms in total. The van der Waals surface area contributed by atoms with Gasteiger partial charge in [0.2, 0.25) is 0 Å². The molecule has 0 spiro atoms. The molecule has 1 heterocycles. The van der Waals surface area contributed by atoms with Gasteiger partial charge in [-0.25, -0.2) is 0 Å². The molecule has 3 atom stereocenters. The fourth-order valence-corrected chi connectivity index (χ4v) is 4.15. The van der Waals surface area contributed by atoms with Gasteiger partial charge in [-0.3, -0.25) is 0 Å². The molecule has 3 unspecified atom stereocenters. The lowest BCUT2D eigenvalue weighted by atomic mass is 9.73. The van der Waals surface area contributed by atoms with Gasteiger partial charge in [0.1, 0.15) is 11.5 Å². The van der Waals surface area contributed by atoms with Crippen LogP contribution in [-0.4, -0.2) is 22.6 Å². The molecule has 0 saturated heterocycles. The minimum atomic E-state index is 0.188. The van der Waals surface area contributed by atoms with Crippen LogP contribution >= 0.6 is 0 Å². The predicted molar refractivity (Wildman–Crippen MR) is 100.0 cm³/mol. The van der Waals surface area contributed by atoms with E-state index in [0.29, 0.717) is 30.6 Å².